The molecule has 2 aromatic rings. The van der Waals surface area contributed by atoms with Crippen molar-refractivity contribution in [1.29, 1.82) is 0 Å². The molecule has 0 unspecified atom stereocenters. The zero-order chi connectivity index (χ0) is 17.7. The number of sulfonamides is 1. The fraction of sp³-hybridized carbons (Fsp3) is 0.188. The van der Waals surface area contributed by atoms with Gasteiger partial charge < -0.3 is 10.1 Å². The SMILES string of the molecule is CCOc1ccc(Br)cc1S(=O)(=O)Nc1ccc(C(=O)NC)cc1. The van der Waals surface area contributed by atoms with Crippen molar-refractivity contribution in [1.82, 2.24) is 5.32 Å². The molecule has 0 saturated heterocycles. The summed E-state index contributed by atoms with van der Waals surface area (Å²) in [4.78, 5) is 11.6. The van der Waals surface area contributed by atoms with Crippen molar-refractivity contribution >= 4 is 37.5 Å². The Morgan fingerprint density at radius 2 is 1.83 bits per heavy atom. The van der Waals surface area contributed by atoms with Crippen LogP contribution in [-0.2, 0) is 10.0 Å². The topological polar surface area (TPSA) is 84.5 Å². The summed E-state index contributed by atoms with van der Waals surface area (Å²) in [5, 5.41) is 2.50. The van der Waals surface area contributed by atoms with E-state index in [1.165, 1.54) is 25.2 Å². The van der Waals surface area contributed by atoms with Crippen LogP contribution in [0.2, 0.25) is 0 Å². The molecule has 2 rings (SSSR count). The molecule has 0 aliphatic rings. The summed E-state index contributed by atoms with van der Waals surface area (Å²) in [5.74, 6) is 0.0326. The summed E-state index contributed by atoms with van der Waals surface area (Å²) in [5.41, 5.74) is 0.794. The van der Waals surface area contributed by atoms with Gasteiger partial charge in [-0.15, -0.1) is 0 Å². The lowest BCUT2D eigenvalue weighted by atomic mass is 10.2. The summed E-state index contributed by atoms with van der Waals surface area (Å²) in [7, 11) is -2.30. The van der Waals surface area contributed by atoms with Crippen LogP contribution in [0.5, 0.6) is 5.75 Å². The van der Waals surface area contributed by atoms with E-state index < -0.39 is 10.0 Å². The molecule has 2 N–H and O–H groups in total. The third-order valence-corrected chi connectivity index (χ3v) is 5.02. The van der Waals surface area contributed by atoms with Crippen LogP contribution in [0.4, 0.5) is 5.69 Å². The van der Waals surface area contributed by atoms with Crippen molar-refractivity contribution in [2.45, 2.75) is 11.8 Å². The van der Waals surface area contributed by atoms with Gasteiger partial charge in [0.2, 0.25) is 0 Å². The molecule has 6 nitrogen and oxygen atoms in total. The minimum absolute atomic E-state index is 0.0362. The first kappa shape index (κ1) is 18.3. The Labute approximate surface area is 149 Å². The molecular weight excluding hydrogens is 396 g/mol. The molecule has 8 heteroatoms. The second-order valence-electron chi connectivity index (χ2n) is 4.79. The summed E-state index contributed by atoms with van der Waals surface area (Å²) in [6, 6.07) is 10.9. The highest BCUT2D eigenvalue weighted by atomic mass is 79.9. The van der Waals surface area contributed by atoms with E-state index in [4.69, 9.17) is 4.74 Å². The molecule has 0 aliphatic carbocycles. The molecule has 24 heavy (non-hydrogen) atoms. The van der Waals surface area contributed by atoms with E-state index >= 15 is 0 Å². The van der Waals surface area contributed by atoms with E-state index in [1.54, 1.807) is 31.2 Å². The number of rotatable bonds is 6. The van der Waals surface area contributed by atoms with Gasteiger partial charge in [-0.1, -0.05) is 15.9 Å². The van der Waals surface area contributed by atoms with Gasteiger partial charge in [-0.2, -0.15) is 0 Å². The number of halogens is 1. The Balaban J connectivity index is 2.31. The fourth-order valence-corrected chi connectivity index (χ4v) is 3.75. The molecule has 0 atom stereocenters. The quantitative estimate of drug-likeness (QED) is 0.763. The largest absolute Gasteiger partial charge is 0.492 e. The maximum atomic E-state index is 12.6. The van der Waals surface area contributed by atoms with Gasteiger partial charge in [-0.25, -0.2) is 8.42 Å². The number of anilines is 1. The van der Waals surface area contributed by atoms with E-state index in [0.29, 0.717) is 22.3 Å². The Morgan fingerprint density at radius 3 is 2.42 bits per heavy atom. The lowest BCUT2D eigenvalue weighted by Crippen LogP contribution is -2.18. The summed E-state index contributed by atoms with van der Waals surface area (Å²) in [6.45, 7) is 2.13. The number of carbonyl (C=O) groups is 1. The maximum absolute atomic E-state index is 12.6. The molecule has 0 aliphatic heterocycles. The van der Waals surface area contributed by atoms with Gasteiger partial charge in [0.25, 0.3) is 15.9 Å². The molecule has 0 fully saturated rings. The average molecular weight is 413 g/mol. The first-order valence-corrected chi connectivity index (χ1v) is 9.42. The Hall–Kier alpha value is -2.06. The number of hydrogen-bond acceptors (Lipinski definition) is 4. The molecular formula is C16H17BrN2O4S. The van der Waals surface area contributed by atoms with Gasteiger partial charge in [0.05, 0.1) is 6.61 Å². The van der Waals surface area contributed by atoms with Crippen LogP contribution in [0.1, 0.15) is 17.3 Å². The van der Waals surface area contributed by atoms with Crippen molar-refractivity contribution in [2.75, 3.05) is 18.4 Å². The van der Waals surface area contributed by atoms with Crippen molar-refractivity contribution in [3.8, 4) is 5.75 Å². The van der Waals surface area contributed by atoms with E-state index in [0.717, 1.165) is 0 Å². The summed E-state index contributed by atoms with van der Waals surface area (Å²) < 4.78 is 33.8. The van der Waals surface area contributed by atoms with Crippen LogP contribution in [0.3, 0.4) is 0 Å². The van der Waals surface area contributed by atoms with Gasteiger partial charge in [0, 0.05) is 22.8 Å². The summed E-state index contributed by atoms with van der Waals surface area (Å²) in [6.07, 6.45) is 0. The monoisotopic (exact) mass is 412 g/mol. The van der Waals surface area contributed by atoms with Gasteiger partial charge in [0.15, 0.2) is 0 Å². The predicted molar refractivity (Wildman–Crippen MR) is 96.0 cm³/mol. The highest BCUT2D eigenvalue weighted by Crippen LogP contribution is 2.29. The van der Waals surface area contributed by atoms with Gasteiger partial charge in [-0.05, 0) is 49.4 Å². The van der Waals surface area contributed by atoms with E-state index in [-0.39, 0.29) is 16.6 Å². The van der Waals surface area contributed by atoms with Crippen LogP contribution in [0.25, 0.3) is 0 Å². The number of carbonyl (C=O) groups excluding carboxylic acids is 1. The van der Waals surface area contributed by atoms with Crippen LogP contribution in [0, 0.1) is 0 Å². The summed E-state index contributed by atoms with van der Waals surface area (Å²) >= 11 is 3.27. The van der Waals surface area contributed by atoms with Crippen molar-refractivity contribution in [2.24, 2.45) is 0 Å². The van der Waals surface area contributed by atoms with E-state index in [2.05, 4.69) is 26.0 Å². The molecule has 0 radical (unpaired) electrons. The van der Waals surface area contributed by atoms with Gasteiger partial charge in [0.1, 0.15) is 10.6 Å². The highest BCUT2D eigenvalue weighted by Gasteiger charge is 2.20. The van der Waals surface area contributed by atoms with Gasteiger partial charge >= 0.3 is 0 Å². The molecule has 128 valence electrons. The molecule has 0 spiro atoms. The molecule has 0 bridgehead atoms. The highest BCUT2D eigenvalue weighted by molar-refractivity contribution is 9.10. The zero-order valence-electron chi connectivity index (χ0n) is 13.2. The molecule has 0 aromatic heterocycles. The lowest BCUT2D eigenvalue weighted by molar-refractivity contribution is 0.0963. The number of ether oxygens (including phenoxy) is 1. The van der Waals surface area contributed by atoms with Crippen molar-refractivity contribution in [3.05, 3.63) is 52.5 Å². The van der Waals surface area contributed by atoms with Crippen molar-refractivity contribution in [3.63, 3.8) is 0 Å². The van der Waals surface area contributed by atoms with E-state index in [1.807, 2.05) is 0 Å². The molecule has 2 aromatic carbocycles. The smallest absolute Gasteiger partial charge is 0.265 e. The zero-order valence-corrected chi connectivity index (χ0v) is 15.6. The van der Waals surface area contributed by atoms with Crippen LogP contribution < -0.4 is 14.8 Å². The lowest BCUT2D eigenvalue weighted by Gasteiger charge is -2.13. The first-order chi connectivity index (χ1) is 11.4. The predicted octanol–water partition coefficient (Wildman–Crippen LogP) is 3.01. The molecule has 0 heterocycles. The van der Waals surface area contributed by atoms with Gasteiger partial charge in [-0.3, -0.25) is 9.52 Å². The normalized spacial score (nSPS) is 11.0. The Morgan fingerprint density at radius 1 is 1.17 bits per heavy atom. The number of benzene rings is 2. The second-order valence-corrected chi connectivity index (χ2v) is 7.35. The molecule has 1 amide bonds. The first-order valence-electron chi connectivity index (χ1n) is 7.14. The van der Waals surface area contributed by atoms with Crippen LogP contribution in [-0.4, -0.2) is 28.0 Å². The third kappa shape index (κ3) is 4.27. The maximum Gasteiger partial charge on any atom is 0.265 e. The minimum Gasteiger partial charge on any atom is -0.492 e. The van der Waals surface area contributed by atoms with E-state index in [9.17, 15) is 13.2 Å². The number of nitrogens with one attached hydrogen (secondary N) is 2. The third-order valence-electron chi connectivity index (χ3n) is 3.12. The Kier molecular flexibility index (Phi) is 5.84. The fourth-order valence-electron chi connectivity index (χ4n) is 2.01. The minimum atomic E-state index is -3.83. The van der Waals surface area contributed by atoms with Crippen molar-refractivity contribution < 1.29 is 17.9 Å². The second kappa shape index (κ2) is 7.67. The molecule has 0 saturated carbocycles. The average Bonchev–Trinajstić information content (AvgIpc) is 2.56. The van der Waals surface area contributed by atoms with Crippen LogP contribution >= 0.6 is 15.9 Å². The standard InChI is InChI=1S/C16H17BrN2O4S/c1-3-23-14-9-6-12(17)10-15(14)24(21,22)19-13-7-4-11(5-8-13)16(20)18-2/h4-10,19H,3H2,1-2H3,(H,18,20). The Bertz CT molecular complexity index is 836. The number of amides is 1. The number of hydrogen-bond donors (Lipinski definition) is 2. The van der Waals surface area contributed by atoms with Crippen LogP contribution in [0.15, 0.2) is 51.8 Å².